The average Bonchev–Trinajstić information content (AvgIpc) is 2.62. The summed E-state index contributed by atoms with van der Waals surface area (Å²) in [5, 5.41) is 12.4. The zero-order valence-corrected chi connectivity index (χ0v) is 11.4. The van der Waals surface area contributed by atoms with E-state index in [0.717, 1.165) is 5.56 Å². The van der Waals surface area contributed by atoms with Gasteiger partial charge in [-0.2, -0.15) is 0 Å². The Hall–Kier alpha value is 0.220. The first-order valence-corrected chi connectivity index (χ1v) is 7.29. The van der Waals surface area contributed by atoms with Crippen LogP contribution < -0.4 is 0 Å². The van der Waals surface area contributed by atoms with E-state index in [0.29, 0.717) is 0 Å². The highest BCUT2D eigenvalue weighted by Gasteiger charge is 2.08. The molecule has 4 heteroatoms. The molecule has 1 heterocycles. The largest absolute Gasteiger partial charge is 0.392 e. The summed E-state index contributed by atoms with van der Waals surface area (Å²) in [5.41, 5.74) is 1.04. The average molecular weight is 336 g/mol. The number of thioether (sulfide) groups is 1. The Balaban J connectivity index is 2.72. The fourth-order valence-corrected chi connectivity index (χ4v) is 4.44. The molecular weight excluding hydrogens is 327 g/mol. The van der Waals surface area contributed by atoms with E-state index in [1.54, 1.807) is 23.1 Å². The molecule has 1 nitrogen and oxygen atoms in total. The lowest BCUT2D eigenvalue weighted by Gasteiger charge is -2.02. The van der Waals surface area contributed by atoms with E-state index in [2.05, 4.69) is 41.0 Å². The minimum absolute atomic E-state index is 0.134. The molecule has 0 atom stereocenters. The highest BCUT2D eigenvalue weighted by molar-refractivity contribution is 14.1. The first-order chi connectivity index (χ1) is 6.77. The summed E-state index contributed by atoms with van der Waals surface area (Å²) < 4.78 is 2.60. The van der Waals surface area contributed by atoms with E-state index < -0.39 is 0 Å². The smallest absolute Gasteiger partial charge is 0.0696 e. The Morgan fingerprint density at radius 1 is 1.50 bits per heavy atom. The van der Waals surface area contributed by atoms with Crippen LogP contribution in [0.4, 0.5) is 0 Å². The number of benzene rings is 1. The molecule has 1 N–H and O–H groups in total. The minimum Gasteiger partial charge on any atom is -0.392 e. The lowest BCUT2D eigenvalue weighted by Crippen LogP contribution is -1.82. The number of rotatable bonds is 2. The maximum Gasteiger partial charge on any atom is 0.0696 e. The van der Waals surface area contributed by atoms with Crippen molar-refractivity contribution < 1.29 is 5.11 Å². The summed E-state index contributed by atoms with van der Waals surface area (Å²) in [6.07, 6.45) is 2.09. The molecule has 14 heavy (non-hydrogen) atoms. The number of halogens is 1. The van der Waals surface area contributed by atoms with Gasteiger partial charge >= 0.3 is 0 Å². The minimum atomic E-state index is 0.134. The van der Waals surface area contributed by atoms with Crippen LogP contribution >= 0.6 is 45.7 Å². The van der Waals surface area contributed by atoms with E-state index in [4.69, 9.17) is 5.11 Å². The predicted molar refractivity (Wildman–Crippen MR) is 72.2 cm³/mol. The van der Waals surface area contributed by atoms with E-state index >= 15 is 0 Å². The Morgan fingerprint density at radius 3 is 2.93 bits per heavy atom. The lowest BCUT2D eigenvalue weighted by atomic mass is 10.2. The normalized spacial score (nSPS) is 11.1. The van der Waals surface area contributed by atoms with Crippen molar-refractivity contribution in [3.05, 3.63) is 26.6 Å². The van der Waals surface area contributed by atoms with E-state index in [-0.39, 0.29) is 6.61 Å². The van der Waals surface area contributed by atoms with Crippen LogP contribution in [0.3, 0.4) is 0 Å². The Morgan fingerprint density at radius 2 is 2.29 bits per heavy atom. The highest BCUT2D eigenvalue weighted by atomic mass is 127. The van der Waals surface area contributed by atoms with Gasteiger partial charge in [0.25, 0.3) is 0 Å². The molecule has 2 rings (SSSR count). The monoisotopic (exact) mass is 336 g/mol. The van der Waals surface area contributed by atoms with Crippen molar-refractivity contribution in [2.45, 2.75) is 11.5 Å². The van der Waals surface area contributed by atoms with Crippen molar-refractivity contribution in [2.24, 2.45) is 0 Å². The SMILES string of the molecule is CSc1ccc2c(CO)csc2c1I. The number of hydrogen-bond donors (Lipinski definition) is 1. The first-order valence-electron chi connectivity index (χ1n) is 4.11. The predicted octanol–water partition coefficient (Wildman–Crippen LogP) is 3.72. The van der Waals surface area contributed by atoms with Gasteiger partial charge in [-0.05, 0) is 51.2 Å². The molecule has 74 valence electrons. The van der Waals surface area contributed by atoms with Gasteiger partial charge in [0.15, 0.2) is 0 Å². The van der Waals surface area contributed by atoms with Gasteiger partial charge in [0.1, 0.15) is 0 Å². The molecule has 0 fully saturated rings. The topological polar surface area (TPSA) is 20.2 Å². The molecule has 0 bridgehead atoms. The van der Waals surface area contributed by atoms with Gasteiger partial charge in [-0.1, -0.05) is 6.07 Å². The molecule has 0 amide bonds. The van der Waals surface area contributed by atoms with Gasteiger partial charge < -0.3 is 5.11 Å². The van der Waals surface area contributed by atoms with Crippen molar-refractivity contribution in [3.8, 4) is 0 Å². The van der Waals surface area contributed by atoms with Crippen molar-refractivity contribution in [1.29, 1.82) is 0 Å². The Bertz CT molecular complexity index is 464. The Labute approximate surface area is 105 Å². The fraction of sp³-hybridized carbons (Fsp3) is 0.200. The molecule has 0 aliphatic carbocycles. The highest BCUT2D eigenvalue weighted by Crippen LogP contribution is 2.35. The molecule has 0 aliphatic heterocycles. The van der Waals surface area contributed by atoms with Gasteiger partial charge in [0, 0.05) is 13.2 Å². The lowest BCUT2D eigenvalue weighted by molar-refractivity contribution is 0.284. The summed E-state index contributed by atoms with van der Waals surface area (Å²) in [7, 11) is 0. The van der Waals surface area contributed by atoms with Gasteiger partial charge in [0.2, 0.25) is 0 Å². The molecule has 0 unspecified atom stereocenters. The van der Waals surface area contributed by atoms with Gasteiger partial charge in [0.05, 0.1) is 6.61 Å². The van der Waals surface area contributed by atoms with E-state index in [1.165, 1.54) is 18.6 Å². The molecule has 1 aromatic carbocycles. The fourth-order valence-electron chi connectivity index (χ4n) is 1.38. The maximum atomic E-state index is 9.14. The third-order valence-corrected chi connectivity index (χ3v) is 5.81. The zero-order valence-electron chi connectivity index (χ0n) is 7.58. The van der Waals surface area contributed by atoms with Gasteiger partial charge in [-0.15, -0.1) is 23.1 Å². The number of aliphatic hydroxyl groups excluding tert-OH is 1. The second kappa shape index (κ2) is 4.38. The van der Waals surface area contributed by atoms with Crippen LogP contribution in [0.2, 0.25) is 0 Å². The summed E-state index contributed by atoms with van der Waals surface area (Å²) in [5.74, 6) is 0. The first kappa shape index (κ1) is 10.7. The third-order valence-electron chi connectivity index (χ3n) is 2.12. The second-order valence-electron chi connectivity index (χ2n) is 2.88. The molecule has 0 saturated heterocycles. The molecule has 0 radical (unpaired) electrons. The quantitative estimate of drug-likeness (QED) is 0.666. The van der Waals surface area contributed by atoms with Crippen LogP contribution in [0.5, 0.6) is 0 Å². The van der Waals surface area contributed by atoms with Crippen molar-refractivity contribution in [2.75, 3.05) is 6.26 Å². The van der Waals surface area contributed by atoms with Crippen LogP contribution in [0.25, 0.3) is 10.1 Å². The van der Waals surface area contributed by atoms with Crippen molar-refractivity contribution in [3.63, 3.8) is 0 Å². The van der Waals surface area contributed by atoms with E-state index in [1.807, 2.05) is 5.38 Å². The Kier molecular flexibility index (Phi) is 3.36. The summed E-state index contributed by atoms with van der Waals surface area (Å²) in [4.78, 5) is 1.31. The van der Waals surface area contributed by atoms with Crippen LogP contribution in [-0.4, -0.2) is 11.4 Å². The van der Waals surface area contributed by atoms with Crippen LogP contribution in [-0.2, 0) is 6.61 Å². The number of aliphatic hydroxyl groups is 1. The van der Waals surface area contributed by atoms with Crippen molar-refractivity contribution >= 4 is 55.8 Å². The molecule has 0 aliphatic rings. The molecule has 1 aromatic heterocycles. The van der Waals surface area contributed by atoms with Crippen molar-refractivity contribution in [1.82, 2.24) is 0 Å². The molecular formula is C10H9IOS2. The van der Waals surface area contributed by atoms with Gasteiger partial charge in [-0.25, -0.2) is 0 Å². The number of thiophene rings is 1. The molecule has 0 saturated carbocycles. The summed E-state index contributed by atoms with van der Waals surface area (Å²) in [6, 6.07) is 4.23. The standard InChI is InChI=1S/C10H9IOS2/c1-13-8-3-2-7-6(4-12)5-14-10(7)9(8)11/h2-3,5,12H,4H2,1H3. The summed E-state index contributed by atoms with van der Waals surface area (Å²) >= 11 is 5.85. The van der Waals surface area contributed by atoms with Crippen LogP contribution in [0, 0.1) is 3.57 Å². The second-order valence-corrected chi connectivity index (χ2v) is 5.68. The molecule has 0 spiro atoms. The summed E-state index contributed by atoms with van der Waals surface area (Å²) in [6.45, 7) is 0.134. The zero-order chi connectivity index (χ0) is 10.1. The van der Waals surface area contributed by atoms with Crippen LogP contribution in [0.1, 0.15) is 5.56 Å². The molecule has 2 aromatic rings. The third kappa shape index (κ3) is 1.68. The number of fused-ring (bicyclic) bond motifs is 1. The van der Waals surface area contributed by atoms with Crippen LogP contribution in [0.15, 0.2) is 22.4 Å². The maximum absolute atomic E-state index is 9.14. The van der Waals surface area contributed by atoms with E-state index in [9.17, 15) is 0 Å². The van der Waals surface area contributed by atoms with Gasteiger partial charge in [-0.3, -0.25) is 0 Å². The number of hydrogen-bond acceptors (Lipinski definition) is 3.